The molecule has 1 aliphatic carbocycles. The second-order valence-corrected chi connectivity index (χ2v) is 7.37. The Morgan fingerprint density at radius 1 is 0.862 bits per heavy atom. The second kappa shape index (κ2) is 9.11. The Bertz CT molecular complexity index is 990. The molecule has 0 saturated carbocycles. The number of carboxylic acids is 1. The topological polar surface area (TPSA) is 95.5 Å². The van der Waals surface area contributed by atoms with Crippen LogP contribution in [-0.2, 0) is 9.59 Å². The van der Waals surface area contributed by atoms with Crippen LogP contribution in [0.2, 0.25) is 10.0 Å². The fourth-order valence-corrected chi connectivity index (χ4v) is 3.53. The van der Waals surface area contributed by atoms with Crippen LogP contribution in [0.3, 0.4) is 0 Å². The number of para-hydroxylation sites is 1. The van der Waals surface area contributed by atoms with Gasteiger partial charge in [0.1, 0.15) is 0 Å². The fraction of sp³-hybridized carbons (Fsp3) is 0.190. The number of allylic oxidation sites excluding steroid dienone is 2. The first-order valence-electron chi connectivity index (χ1n) is 8.91. The van der Waals surface area contributed by atoms with Crippen LogP contribution in [0, 0.1) is 11.8 Å². The van der Waals surface area contributed by atoms with Crippen LogP contribution in [-0.4, -0.2) is 22.9 Å². The normalized spacial score (nSPS) is 18.1. The summed E-state index contributed by atoms with van der Waals surface area (Å²) in [5, 5.41) is 15.3. The van der Waals surface area contributed by atoms with Crippen molar-refractivity contribution in [3.63, 3.8) is 0 Å². The molecule has 0 aromatic heterocycles. The number of nitrogens with one attached hydrogen (secondary N) is 2. The van der Waals surface area contributed by atoms with Crippen LogP contribution < -0.4 is 10.6 Å². The van der Waals surface area contributed by atoms with Gasteiger partial charge in [-0.15, -0.1) is 0 Å². The van der Waals surface area contributed by atoms with Crippen molar-refractivity contribution in [2.75, 3.05) is 10.6 Å². The van der Waals surface area contributed by atoms with Gasteiger partial charge >= 0.3 is 5.97 Å². The van der Waals surface area contributed by atoms with Crippen LogP contribution in [0.15, 0.2) is 54.6 Å². The average Bonchev–Trinajstić information content (AvgIpc) is 2.71. The maximum atomic E-state index is 12.8. The third-order valence-corrected chi connectivity index (χ3v) is 5.53. The Labute approximate surface area is 177 Å². The van der Waals surface area contributed by atoms with Gasteiger partial charge in [0.2, 0.25) is 5.91 Å². The van der Waals surface area contributed by atoms with Crippen molar-refractivity contribution in [3.8, 4) is 0 Å². The zero-order chi connectivity index (χ0) is 21.0. The molecule has 2 amide bonds. The summed E-state index contributed by atoms with van der Waals surface area (Å²) in [5.74, 6) is -3.45. The maximum absolute atomic E-state index is 12.8. The molecule has 2 aromatic carbocycles. The van der Waals surface area contributed by atoms with Gasteiger partial charge < -0.3 is 15.7 Å². The zero-order valence-corrected chi connectivity index (χ0v) is 16.7. The lowest BCUT2D eigenvalue weighted by atomic mass is 9.82. The largest absolute Gasteiger partial charge is 0.481 e. The molecule has 8 heteroatoms. The Morgan fingerprint density at radius 3 is 2.24 bits per heavy atom. The number of amides is 2. The monoisotopic (exact) mass is 432 g/mol. The van der Waals surface area contributed by atoms with Crippen LogP contribution in [0.5, 0.6) is 0 Å². The van der Waals surface area contributed by atoms with Crippen molar-refractivity contribution < 1.29 is 19.5 Å². The lowest BCUT2D eigenvalue weighted by Crippen LogP contribution is -2.35. The molecule has 0 fully saturated rings. The van der Waals surface area contributed by atoms with Crippen LogP contribution in [0.25, 0.3) is 0 Å². The van der Waals surface area contributed by atoms with E-state index in [-0.39, 0.29) is 16.3 Å². The van der Waals surface area contributed by atoms with Crippen LogP contribution >= 0.6 is 23.2 Å². The van der Waals surface area contributed by atoms with E-state index in [1.54, 1.807) is 54.6 Å². The number of anilines is 2. The number of hydrogen-bond donors (Lipinski definition) is 3. The molecule has 2 atom stereocenters. The first-order valence-corrected chi connectivity index (χ1v) is 9.67. The van der Waals surface area contributed by atoms with Crippen molar-refractivity contribution in [2.24, 2.45) is 11.8 Å². The summed E-state index contributed by atoms with van der Waals surface area (Å²) in [4.78, 5) is 37.0. The highest BCUT2D eigenvalue weighted by Crippen LogP contribution is 2.31. The summed E-state index contributed by atoms with van der Waals surface area (Å²) >= 11 is 12.1. The molecule has 0 heterocycles. The molecule has 0 spiro atoms. The Balaban J connectivity index is 1.80. The van der Waals surface area contributed by atoms with Gasteiger partial charge in [-0.2, -0.15) is 0 Å². The first-order chi connectivity index (χ1) is 13.9. The molecular formula is C21H18Cl2N2O4. The zero-order valence-electron chi connectivity index (χ0n) is 15.2. The minimum Gasteiger partial charge on any atom is -0.481 e. The quantitative estimate of drug-likeness (QED) is 0.588. The number of halogens is 2. The minimum absolute atomic E-state index is 0.210. The smallest absolute Gasteiger partial charge is 0.307 e. The van der Waals surface area contributed by atoms with Gasteiger partial charge in [-0.25, -0.2) is 0 Å². The van der Waals surface area contributed by atoms with Gasteiger partial charge in [0, 0.05) is 0 Å². The molecule has 150 valence electrons. The van der Waals surface area contributed by atoms with Crippen molar-refractivity contribution in [3.05, 3.63) is 70.2 Å². The van der Waals surface area contributed by atoms with E-state index in [0.29, 0.717) is 23.6 Å². The molecule has 1 aliphatic rings. The minimum atomic E-state index is -1.02. The lowest BCUT2D eigenvalue weighted by molar-refractivity contribution is -0.146. The Morgan fingerprint density at radius 2 is 1.52 bits per heavy atom. The maximum Gasteiger partial charge on any atom is 0.307 e. The molecule has 0 unspecified atom stereocenters. The van der Waals surface area contributed by atoms with Gasteiger partial charge in [0.05, 0.1) is 38.8 Å². The fourth-order valence-electron chi connectivity index (χ4n) is 3.18. The predicted octanol–water partition coefficient (Wildman–Crippen LogP) is 4.85. The number of carboxylic acid groups (broad SMARTS) is 1. The average molecular weight is 433 g/mol. The molecule has 6 nitrogen and oxygen atoms in total. The molecule has 29 heavy (non-hydrogen) atoms. The first kappa shape index (κ1) is 20.9. The van der Waals surface area contributed by atoms with Crippen LogP contribution in [0.4, 0.5) is 11.4 Å². The van der Waals surface area contributed by atoms with E-state index in [2.05, 4.69) is 10.6 Å². The van der Waals surface area contributed by atoms with Gasteiger partial charge in [-0.1, -0.05) is 53.6 Å². The third kappa shape index (κ3) is 4.78. The predicted molar refractivity (Wildman–Crippen MR) is 112 cm³/mol. The molecule has 3 rings (SSSR count). The highest BCUT2D eigenvalue weighted by Gasteiger charge is 2.34. The molecular weight excluding hydrogens is 415 g/mol. The number of hydrogen-bond acceptors (Lipinski definition) is 3. The van der Waals surface area contributed by atoms with Gasteiger partial charge in [-0.05, 0) is 37.1 Å². The van der Waals surface area contributed by atoms with E-state index in [9.17, 15) is 19.5 Å². The van der Waals surface area contributed by atoms with Gasteiger partial charge in [0.25, 0.3) is 5.91 Å². The number of rotatable bonds is 5. The van der Waals surface area contributed by atoms with E-state index < -0.39 is 29.6 Å². The molecule has 3 N–H and O–H groups in total. The number of aliphatic carboxylic acids is 1. The highest BCUT2D eigenvalue weighted by atomic mass is 35.5. The summed E-state index contributed by atoms with van der Waals surface area (Å²) in [5.41, 5.74) is 0.843. The summed E-state index contributed by atoms with van der Waals surface area (Å²) in [6.45, 7) is 0. The Kier molecular flexibility index (Phi) is 6.56. The van der Waals surface area contributed by atoms with Crippen molar-refractivity contribution in [1.82, 2.24) is 0 Å². The van der Waals surface area contributed by atoms with Crippen molar-refractivity contribution in [2.45, 2.75) is 12.8 Å². The summed E-state index contributed by atoms with van der Waals surface area (Å²) in [7, 11) is 0. The van der Waals surface area contributed by atoms with E-state index in [1.807, 2.05) is 0 Å². The summed E-state index contributed by atoms with van der Waals surface area (Å²) in [6, 6.07) is 11.3. The number of carbonyl (C=O) groups excluding carboxylic acids is 2. The Hall–Kier alpha value is -2.83. The van der Waals surface area contributed by atoms with Gasteiger partial charge in [0.15, 0.2) is 0 Å². The second-order valence-electron chi connectivity index (χ2n) is 6.58. The third-order valence-electron chi connectivity index (χ3n) is 4.72. The molecule has 0 radical (unpaired) electrons. The number of benzene rings is 2. The highest BCUT2D eigenvalue weighted by molar-refractivity contribution is 6.44. The van der Waals surface area contributed by atoms with E-state index in [1.165, 1.54) is 0 Å². The van der Waals surface area contributed by atoms with E-state index >= 15 is 0 Å². The molecule has 2 aromatic rings. The molecule has 0 bridgehead atoms. The standard InChI is InChI=1S/C21H18Cl2N2O4/c22-15-9-5-11-17(18(15)23)25-20(27)14-8-3-4-10-16(14)24-19(26)12-6-1-2-7-13(12)21(28)29/h1-5,8-13H,6-7H2,(H,24,26)(H,25,27)(H,28,29)/t12-,13-/m1/s1. The van der Waals surface area contributed by atoms with Crippen LogP contribution in [0.1, 0.15) is 23.2 Å². The summed E-state index contributed by atoms with van der Waals surface area (Å²) < 4.78 is 0. The van der Waals surface area contributed by atoms with Crippen molar-refractivity contribution in [1.29, 1.82) is 0 Å². The van der Waals surface area contributed by atoms with Crippen molar-refractivity contribution >= 4 is 52.4 Å². The van der Waals surface area contributed by atoms with E-state index in [0.717, 1.165) is 0 Å². The summed E-state index contributed by atoms with van der Waals surface area (Å²) in [6.07, 6.45) is 4.18. The van der Waals surface area contributed by atoms with E-state index in [4.69, 9.17) is 23.2 Å². The number of carbonyl (C=O) groups is 3. The lowest BCUT2D eigenvalue weighted by Gasteiger charge is -2.24. The molecule has 0 aliphatic heterocycles. The van der Waals surface area contributed by atoms with Gasteiger partial charge in [-0.3, -0.25) is 14.4 Å². The SMILES string of the molecule is O=C(Nc1cccc(Cl)c1Cl)c1ccccc1NC(=O)[C@@H]1CC=CC[C@H]1C(=O)O. The molecule has 0 saturated heterocycles.